The molecule has 0 spiro atoms. The lowest BCUT2D eigenvalue weighted by atomic mass is 10.1. The number of ether oxygens (including phenoxy) is 1. The minimum atomic E-state index is -1.05. The molecule has 0 aliphatic rings. The predicted molar refractivity (Wildman–Crippen MR) is 69.8 cm³/mol. The van der Waals surface area contributed by atoms with Crippen molar-refractivity contribution in [2.75, 3.05) is 24.8 Å². The lowest BCUT2D eigenvalue weighted by molar-refractivity contribution is 0.0697. The zero-order chi connectivity index (χ0) is 13.5. The number of hydrogen-bond acceptors (Lipinski definition) is 5. The third-order valence-electron chi connectivity index (χ3n) is 2.49. The second kappa shape index (κ2) is 6.80. The van der Waals surface area contributed by atoms with Gasteiger partial charge < -0.3 is 20.9 Å². The van der Waals surface area contributed by atoms with Crippen molar-refractivity contribution in [2.45, 2.75) is 25.8 Å². The number of carboxylic acids is 1. The molecule has 0 aromatic carbocycles. The predicted octanol–water partition coefficient (Wildman–Crippen LogP) is 1.59. The molecule has 0 fully saturated rings. The van der Waals surface area contributed by atoms with Crippen molar-refractivity contribution < 1.29 is 14.6 Å². The fourth-order valence-corrected chi connectivity index (χ4v) is 1.70. The Labute approximate surface area is 106 Å². The van der Waals surface area contributed by atoms with Gasteiger partial charge in [-0.2, -0.15) is 0 Å². The van der Waals surface area contributed by atoms with E-state index in [1.165, 1.54) is 12.3 Å². The first-order valence-corrected chi connectivity index (χ1v) is 5.82. The van der Waals surface area contributed by atoms with Crippen molar-refractivity contribution in [3.8, 4) is 0 Å². The van der Waals surface area contributed by atoms with Gasteiger partial charge in [0.05, 0.1) is 24.5 Å². The topological polar surface area (TPSA) is 97.5 Å². The maximum atomic E-state index is 11.1. The SMILES string of the molecule is CCCC(COC)Nc1ncc(N)cc1C(=O)O. The number of nitrogen functional groups attached to an aromatic ring is 1. The molecule has 1 unspecified atom stereocenters. The van der Waals surface area contributed by atoms with Crippen LogP contribution in [0.1, 0.15) is 30.1 Å². The largest absolute Gasteiger partial charge is 0.478 e. The van der Waals surface area contributed by atoms with Gasteiger partial charge in [-0.1, -0.05) is 13.3 Å². The number of aromatic nitrogens is 1. The average molecular weight is 253 g/mol. The van der Waals surface area contributed by atoms with Gasteiger partial charge in [-0.05, 0) is 12.5 Å². The van der Waals surface area contributed by atoms with Crippen LogP contribution in [0.4, 0.5) is 11.5 Å². The van der Waals surface area contributed by atoms with Gasteiger partial charge in [0.1, 0.15) is 11.4 Å². The van der Waals surface area contributed by atoms with Crippen LogP contribution in [-0.4, -0.2) is 35.8 Å². The van der Waals surface area contributed by atoms with E-state index in [0.717, 1.165) is 12.8 Å². The van der Waals surface area contributed by atoms with E-state index < -0.39 is 5.97 Å². The number of methoxy groups -OCH3 is 1. The van der Waals surface area contributed by atoms with Crippen LogP contribution in [-0.2, 0) is 4.74 Å². The number of aromatic carboxylic acids is 1. The molecule has 0 saturated heterocycles. The molecule has 1 atom stereocenters. The summed E-state index contributed by atoms with van der Waals surface area (Å²) < 4.78 is 5.09. The summed E-state index contributed by atoms with van der Waals surface area (Å²) in [4.78, 5) is 15.1. The van der Waals surface area contributed by atoms with Crippen molar-refractivity contribution in [3.63, 3.8) is 0 Å². The summed E-state index contributed by atoms with van der Waals surface area (Å²) in [5.41, 5.74) is 5.94. The molecule has 0 saturated carbocycles. The van der Waals surface area contributed by atoms with Crippen molar-refractivity contribution in [1.29, 1.82) is 0 Å². The van der Waals surface area contributed by atoms with Crippen molar-refractivity contribution in [2.24, 2.45) is 0 Å². The van der Waals surface area contributed by atoms with Gasteiger partial charge in [0.15, 0.2) is 0 Å². The van der Waals surface area contributed by atoms with Crippen molar-refractivity contribution in [1.82, 2.24) is 4.98 Å². The first kappa shape index (κ1) is 14.2. The molecular weight excluding hydrogens is 234 g/mol. The Balaban J connectivity index is 2.90. The number of nitrogens with one attached hydrogen (secondary N) is 1. The van der Waals surface area contributed by atoms with E-state index in [9.17, 15) is 4.79 Å². The number of pyridine rings is 1. The van der Waals surface area contributed by atoms with Gasteiger partial charge in [0, 0.05) is 7.11 Å². The van der Waals surface area contributed by atoms with Crippen LogP contribution < -0.4 is 11.1 Å². The summed E-state index contributed by atoms with van der Waals surface area (Å²) in [7, 11) is 1.61. The first-order chi connectivity index (χ1) is 8.58. The molecule has 100 valence electrons. The van der Waals surface area contributed by atoms with Crippen LogP contribution >= 0.6 is 0 Å². The average Bonchev–Trinajstić information content (AvgIpc) is 2.32. The summed E-state index contributed by atoms with van der Waals surface area (Å²) in [6.45, 7) is 2.55. The lowest BCUT2D eigenvalue weighted by Gasteiger charge is -2.19. The molecule has 1 aromatic rings. The number of anilines is 2. The molecule has 0 bridgehead atoms. The maximum absolute atomic E-state index is 11.1. The standard InChI is InChI=1S/C12H19N3O3/c1-3-4-9(7-18-2)15-11-10(12(16)17)5-8(13)6-14-11/h5-6,9H,3-4,7,13H2,1-2H3,(H,14,15)(H,16,17). The van der Waals surface area contributed by atoms with Crippen LogP contribution in [0.25, 0.3) is 0 Å². The monoisotopic (exact) mass is 253 g/mol. The summed E-state index contributed by atoms with van der Waals surface area (Å²) in [6, 6.07) is 1.43. The second-order valence-corrected chi connectivity index (χ2v) is 4.06. The van der Waals surface area contributed by atoms with Crippen LogP contribution in [0.5, 0.6) is 0 Å². The maximum Gasteiger partial charge on any atom is 0.339 e. The normalized spacial score (nSPS) is 12.1. The zero-order valence-electron chi connectivity index (χ0n) is 10.6. The lowest BCUT2D eigenvalue weighted by Crippen LogP contribution is -2.26. The number of carboxylic acid groups (broad SMARTS) is 1. The summed E-state index contributed by atoms with van der Waals surface area (Å²) in [5.74, 6) is -0.725. The third kappa shape index (κ3) is 3.89. The molecule has 18 heavy (non-hydrogen) atoms. The highest BCUT2D eigenvalue weighted by Gasteiger charge is 2.15. The highest BCUT2D eigenvalue weighted by atomic mass is 16.5. The number of carbonyl (C=O) groups is 1. The van der Waals surface area contributed by atoms with Gasteiger partial charge in [-0.25, -0.2) is 9.78 Å². The second-order valence-electron chi connectivity index (χ2n) is 4.06. The quantitative estimate of drug-likeness (QED) is 0.682. The van der Waals surface area contributed by atoms with Gasteiger partial charge in [-0.3, -0.25) is 0 Å². The Kier molecular flexibility index (Phi) is 5.38. The number of rotatable bonds is 7. The fourth-order valence-electron chi connectivity index (χ4n) is 1.70. The van der Waals surface area contributed by atoms with E-state index in [2.05, 4.69) is 17.2 Å². The Bertz CT molecular complexity index is 404. The van der Waals surface area contributed by atoms with Gasteiger partial charge in [-0.15, -0.1) is 0 Å². The molecule has 1 rings (SSSR count). The third-order valence-corrected chi connectivity index (χ3v) is 2.49. The van der Waals surface area contributed by atoms with Crippen molar-refractivity contribution >= 4 is 17.5 Å². The summed E-state index contributed by atoms with van der Waals surface area (Å²) >= 11 is 0. The summed E-state index contributed by atoms with van der Waals surface area (Å²) in [5, 5.41) is 12.2. The van der Waals surface area contributed by atoms with Crippen LogP contribution in [0.15, 0.2) is 12.3 Å². The Morgan fingerprint density at radius 1 is 1.67 bits per heavy atom. The molecule has 1 aromatic heterocycles. The van der Waals surface area contributed by atoms with Crippen molar-refractivity contribution in [3.05, 3.63) is 17.8 Å². The van der Waals surface area contributed by atoms with E-state index in [0.29, 0.717) is 18.1 Å². The molecule has 6 nitrogen and oxygen atoms in total. The van der Waals surface area contributed by atoms with Gasteiger partial charge in [0.25, 0.3) is 0 Å². The van der Waals surface area contributed by atoms with Gasteiger partial charge >= 0.3 is 5.97 Å². The molecule has 1 heterocycles. The minimum absolute atomic E-state index is 0.0363. The number of nitrogens with two attached hydrogens (primary N) is 1. The Morgan fingerprint density at radius 2 is 2.39 bits per heavy atom. The molecule has 4 N–H and O–H groups in total. The molecule has 0 amide bonds. The molecule has 0 aliphatic heterocycles. The smallest absolute Gasteiger partial charge is 0.339 e. The fraction of sp³-hybridized carbons (Fsp3) is 0.500. The number of nitrogens with zero attached hydrogens (tertiary/aromatic N) is 1. The molecule has 0 radical (unpaired) electrons. The van der Waals surface area contributed by atoms with Gasteiger partial charge in [0.2, 0.25) is 0 Å². The van der Waals surface area contributed by atoms with E-state index in [1.54, 1.807) is 7.11 Å². The van der Waals surface area contributed by atoms with Crippen LogP contribution in [0.3, 0.4) is 0 Å². The zero-order valence-corrected chi connectivity index (χ0v) is 10.6. The van der Waals surface area contributed by atoms with E-state index in [1.807, 2.05) is 0 Å². The molecular formula is C12H19N3O3. The number of hydrogen-bond donors (Lipinski definition) is 3. The Hall–Kier alpha value is -1.82. The van der Waals surface area contributed by atoms with Crippen LogP contribution in [0.2, 0.25) is 0 Å². The summed E-state index contributed by atoms with van der Waals surface area (Å²) in [6.07, 6.45) is 3.28. The Morgan fingerprint density at radius 3 is 2.94 bits per heavy atom. The highest BCUT2D eigenvalue weighted by Crippen LogP contribution is 2.17. The molecule has 0 aliphatic carbocycles. The van der Waals surface area contributed by atoms with Crippen LogP contribution in [0, 0.1) is 0 Å². The highest BCUT2D eigenvalue weighted by molar-refractivity contribution is 5.94. The van der Waals surface area contributed by atoms with E-state index in [4.69, 9.17) is 15.6 Å². The van der Waals surface area contributed by atoms with E-state index >= 15 is 0 Å². The van der Waals surface area contributed by atoms with E-state index in [-0.39, 0.29) is 11.6 Å². The first-order valence-electron chi connectivity index (χ1n) is 5.82. The molecule has 6 heteroatoms. The minimum Gasteiger partial charge on any atom is -0.478 e.